The van der Waals surface area contributed by atoms with Gasteiger partial charge in [-0.2, -0.15) is 0 Å². The van der Waals surface area contributed by atoms with E-state index in [0.717, 1.165) is 21.7 Å². The van der Waals surface area contributed by atoms with Crippen LogP contribution in [0.4, 0.5) is 11.4 Å². The van der Waals surface area contributed by atoms with Crippen LogP contribution in [0.2, 0.25) is 0 Å². The number of allylic oxidation sites excluding steroid dienone is 1. The second-order valence-corrected chi connectivity index (χ2v) is 11.0. The Hall–Kier alpha value is -5.71. The highest BCUT2D eigenvalue weighted by atomic mass is 16.7. The third-order valence-electron chi connectivity index (χ3n) is 8.88. The lowest BCUT2D eigenvalue weighted by Crippen LogP contribution is -2.42. The minimum Gasteiger partial charge on any atom is -0.496 e. The van der Waals surface area contributed by atoms with Crippen LogP contribution in [0.3, 0.4) is 0 Å². The summed E-state index contributed by atoms with van der Waals surface area (Å²) in [6.07, 6.45) is 1.87. The lowest BCUT2D eigenvalue weighted by atomic mass is 9.64. The number of anilines is 1. The van der Waals surface area contributed by atoms with Crippen LogP contribution in [0.5, 0.6) is 23.0 Å². The molecule has 0 spiro atoms. The molecule has 4 aromatic carbocycles. The number of amides is 2. The highest BCUT2D eigenvalue weighted by Crippen LogP contribution is 2.56. The Bertz CT molecular complexity index is 2000. The predicted octanol–water partition coefficient (Wildman–Crippen LogP) is 5.01. The lowest BCUT2D eigenvalue weighted by Gasteiger charge is -2.38. The molecule has 44 heavy (non-hydrogen) atoms. The van der Waals surface area contributed by atoms with Crippen molar-refractivity contribution in [3.63, 3.8) is 0 Å². The summed E-state index contributed by atoms with van der Waals surface area (Å²) in [5.41, 5.74) is 1.25. The molecule has 218 valence electrons. The topological polar surface area (TPSA) is 135 Å². The quantitative estimate of drug-likeness (QED) is 0.106. The van der Waals surface area contributed by atoms with Gasteiger partial charge in [0, 0.05) is 11.5 Å². The lowest BCUT2D eigenvalue weighted by molar-refractivity contribution is -0.384. The number of ether oxygens (including phenoxy) is 4. The number of fused-ring (bicyclic) bond motifs is 8. The monoisotopic (exact) mass is 590 g/mol. The molecule has 1 fully saturated rings. The molecule has 0 aromatic heterocycles. The molecule has 0 N–H and O–H groups in total. The van der Waals surface area contributed by atoms with E-state index in [2.05, 4.69) is 0 Å². The Kier molecular flexibility index (Phi) is 5.54. The smallest absolute Gasteiger partial charge is 0.319 e. The van der Waals surface area contributed by atoms with E-state index in [1.54, 1.807) is 24.3 Å². The Labute approximate surface area is 249 Å². The number of esters is 1. The van der Waals surface area contributed by atoms with E-state index in [1.165, 1.54) is 19.2 Å². The van der Waals surface area contributed by atoms with Gasteiger partial charge in [-0.3, -0.25) is 24.5 Å². The van der Waals surface area contributed by atoms with Gasteiger partial charge in [-0.15, -0.1) is 0 Å². The summed E-state index contributed by atoms with van der Waals surface area (Å²) in [6, 6.07) is 20.5. The molecule has 4 aliphatic rings. The molecule has 4 atom stereocenters. The van der Waals surface area contributed by atoms with Gasteiger partial charge in [0.15, 0.2) is 11.5 Å². The third kappa shape index (κ3) is 3.58. The highest BCUT2D eigenvalue weighted by Gasteiger charge is 2.61. The third-order valence-corrected chi connectivity index (χ3v) is 8.88. The Morgan fingerprint density at radius 1 is 0.886 bits per heavy atom. The fraction of sp³-hybridized carbons (Fsp3) is 0.182. The molecule has 3 aliphatic heterocycles. The van der Waals surface area contributed by atoms with Gasteiger partial charge in [-0.05, 0) is 52.2 Å². The molecule has 0 unspecified atom stereocenters. The molecule has 0 radical (unpaired) electrons. The minimum atomic E-state index is -1.18. The van der Waals surface area contributed by atoms with Gasteiger partial charge >= 0.3 is 5.97 Å². The number of carbonyl (C=O) groups is 3. The van der Waals surface area contributed by atoms with Gasteiger partial charge in [0.1, 0.15) is 17.2 Å². The number of nitro benzene ring substituents is 1. The van der Waals surface area contributed by atoms with E-state index >= 15 is 0 Å². The fourth-order valence-corrected chi connectivity index (χ4v) is 6.98. The van der Waals surface area contributed by atoms with Crippen LogP contribution in [0.1, 0.15) is 17.0 Å². The van der Waals surface area contributed by atoms with Gasteiger partial charge in [0.25, 0.3) is 5.69 Å². The number of hydrogen-bond donors (Lipinski definition) is 0. The zero-order chi connectivity index (χ0) is 30.3. The van der Waals surface area contributed by atoms with Gasteiger partial charge in [0.2, 0.25) is 18.6 Å². The van der Waals surface area contributed by atoms with Gasteiger partial charge in [-0.25, -0.2) is 4.90 Å². The molecule has 2 amide bonds. The summed E-state index contributed by atoms with van der Waals surface area (Å²) >= 11 is 0. The van der Waals surface area contributed by atoms with Gasteiger partial charge in [-0.1, -0.05) is 42.5 Å². The number of imide groups is 1. The maximum atomic E-state index is 14.4. The molecule has 1 aliphatic carbocycles. The molecule has 0 saturated carbocycles. The molecular weight excluding hydrogens is 568 g/mol. The van der Waals surface area contributed by atoms with Crippen molar-refractivity contribution in [1.29, 1.82) is 0 Å². The number of nitrogens with zero attached hydrogens (tertiary/aromatic N) is 2. The first-order valence-corrected chi connectivity index (χ1v) is 13.9. The highest BCUT2D eigenvalue weighted by molar-refractivity contribution is 6.25. The first kappa shape index (κ1) is 26.0. The zero-order valence-electron chi connectivity index (χ0n) is 23.1. The molecular formula is C33H22N2O9. The summed E-state index contributed by atoms with van der Waals surface area (Å²) in [6.45, 7) is 0.0518. The summed E-state index contributed by atoms with van der Waals surface area (Å²) in [4.78, 5) is 54.7. The second-order valence-electron chi connectivity index (χ2n) is 11.0. The van der Waals surface area contributed by atoms with Crippen LogP contribution in [0.25, 0.3) is 16.3 Å². The van der Waals surface area contributed by atoms with Crippen LogP contribution < -0.4 is 23.8 Å². The first-order valence-electron chi connectivity index (χ1n) is 13.9. The number of carbonyl (C=O) groups excluding carboxylic acids is 3. The summed E-state index contributed by atoms with van der Waals surface area (Å²) in [7, 11) is 1.36. The van der Waals surface area contributed by atoms with Crippen molar-refractivity contribution in [2.45, 2.75) is 5.92 Å². The largest absolute Gasteiger partial charge is 0.496 e. The maximum Gasteiger partial charge on any atom is 0.319 e. The number of benzene rings is 4. The van der Waals surface area contributed by atoms with Crippen LogP contribution >= 0.6 is 0 Å². The summed E-state index contributed by atoms with van der Waals surface area (Å²) < 4.78 is 22.1. The van der Waals surface area contributed by atoms with Crippen molar-refractivity contribution in [3.05, 3.63) is 100 Å². The Balaban J connectivity index is 1.36. The average molecular weight is 591 g/mol. The first-order chi connectivity index (χ1) is 21.4. The van der Waals surface area contributed by atoms with E-state index in [-0.39, 0.29) is 18.2 Å². The van der Waals surface area contributed by atoms with Crippen molar-refractivity contribution in [2.24, 2.45) is 17.8 Å². The van der Waals surface area contributed by atoms with E-state index in [0.29, 0.717) is 33.9 Å². The van der Waals surface area contributed by atoms with E-state index in [4.69, 9.17) is 18.9 Å². The molecule has 0 bridgehead atoms. The number of nitro groups is 1. The Morgan fingerprint density at radius 2 is 1.66 bits per heavy atom. The fourth-order valence-electron chi connectivity index (χ4n) is 6.98. The molecule has 11 heteroatoms. The number of methoxy groups -OCH3 is 1. The average Bonchev–Trinajstić information content (AvgIpc) is 3.61. The van der Waals surface area contributed by atoms with Crippen molar-refractivity contribution in [3.8, 4) is 23.0 Å². The van der Waals surface area contributed by atoms with E-state index in [9.17, 15) is 24.5 Å². The zero-order valence-corrected chi connectivity index (χ0v) is 23.1. The van der Waals surface area contributed by atoms with E-state index < -0.39 is 52.1 Å². The molecule has 11 nitrogen and oxygen atoms in total. The van der Waals surface area contributed by atoms with Crippen LogP contribution in [0.15, 0.2) is 78.9 Å². The van der Waals surface area contributed by atoms with Crippen LogP contribution in [-0.4, -0.2) is 36.6 Å². The molecule has 8 rings (SSSR count). The number of rotatable bonds is 4. The Morgan fingerprint density at radius 3 is 2.48 bits per heavy atom. The predicted molar refractivity (Wildman–Crippen MR) is 155 cm³/mol. The maximum absolute atomic E-state index is 14.4. The summed E-state index contributed by atoms with van der Waals surface area (Å²) in [5.74, 6) is -4.46. The van der Waals surface area contributed by atoms with Crippen molar-refractivity contribution < 1.29 is 38.3 Å². The van der Waals surface area contributed by atoms with E-state index in [1.807, 2.05) is 36.4 Å². The van der Waals surface area contributed by atoms with Crippen molar-refractivity contribution >= 4 is 45.5 Å². The number of hydrogen-bond acceptors (Lipinski definition) is 9. The van der Waals surface area contributed by atoms with Crippen LogP contribution in [-0.2, 0) is 14.4 Å². The van der Waals surface area contributed by atoms with Gasteiger partial charge < -0.3 is 18.9 Å². The van der Waals surface area contributed by atoms with Crippen molar-refractivity contribution in [2.75, 3.05) is 18.8 Å². The molecule has 3 heterocycles. The van der Waals surface area contributed by atoms with Gasteiger partial charge in [0.05, 0.1) is 35.9 Å². The summed E-state index contributed by atoms with van der Waals surface area (Å²) in [5, 5.41) is 13.8. The minimum absolute atomic E-state index is 0.0518. The standard InChI is InChI=1S/C33H22N2O9/c1-41-18-8-9-22(23(13-18)35(39)40)34-31(36)28-20(17-7-10-24-26(12-17)43-15-42-24)14-21-27-19-5-3-2-4-16(19)6-11-25(27)44-33(38)29(21)30(28)32(34)37/h2-14,20,28-30H,15H2,1H3/t20-,28+,29+,30-/m0/s1. The second kappa shape index (κ2) is 9.40. The van der Waals surface area contributed by atoms with Crippen molar-refractivity contribution in [1.82, 2.24) is 0 Å². The molecule has 1 saturated heterocycles. The van der Waals surface area contributed by atoms with Crippen LogP contribution in [0, 0.1) is 27.9 Å². The molecule has 4 aromatic rings. The normalized spacial score (nSPS) is 23.1. The SMILES string of the molecule is COc1ccc(N2C(=O)[C@@H]3[C@@H]4C(=O)Oc5ccc6ccccc6c5C4=C[C@@H](c4ccc5c(c4)OCO5)[C@H]3C2=O)c([N+](=O)[O-])c1.